The maximum atomic E-state index is 10.1. The van der Waals surface area contributed by atoms with Crippen molar-refractivity contribution < 1.29 is 14.8 Å². The van der Waals surface area contributed by atoms with Crippen molar-refractivity contribution in [2.24, 2.45) is 0 Å². The Labute approximate surface area is 168 Å². The van der Waals surface area contributed by atoms with E-state index in [2.05, 4.69) is 25.7 Å². The summed E-state index contributed by atoms with van der Waals surface area (Å²) in [6.07, 6.45) is 8.50. The number of phenolic OH excluding ortho intramolecular Hbond substituents is 1. The summed E-state index contributed by atoms with van der Waals surface area (Å²) in [7, 11) is -0.729. The average molecular weight is 376 g/mol. The predicted octanol–water partition coefficient (Wildman–Crippen LogP) is 5.89. The molecule has 1 aliphatic heterocycles. The Morgan fingerprint density at radius 1 is 1.21 bits per heavy atom. The van der Waals surface area contributed by atoms with Gasteiger partial charge in [0.15, 0.2) is 0 Å². The first-order valence-corrected chi connectivity index (χ1v) is 10.1. The molecule has 1 heterocycles. The molecule has 0 radical (unpaired) electrons. The SMILES string of the molecule is C=C(C)C1=CCB(O)OC1CC/C(=C/c1ccc(O)c2ccccc12)CCC. The van der Waals surface area contributed by atoms with Crippen molar-refractivity contribution in [1.82, 2.24) is 0 Å². The first-order valence-electron chi connectivity index (χ1n) is 10.1. The fourth-order valence-corrected chi connectivity index (χ4v) is 3.91. The third-order valence-electron chi connectivity index (χ3n) is 5.29. The number of phenols is 1. The molecule has 0 saturated heterocycles. The van der Waals surface area contributed by atoms with E-state index in [1.807, 2.05) is 37.3 Å². The molecule has 0 fully saturated rings. The van der Waals surface area contributed by atoms with E-state index >= 15 is 0 Å². The molecule has 3 rings (SSSR count). The van der Waals surface area contributed by atoms with E-state index in [4.69, 9.17) is 4.65 Å². The van der Waals surface area contributed by atoms with E-state index in [1.54, 1.807) is 6.07 Å². The summed E-state index contributed by atoms with van der Waals surface area (Å²) < 4.78 is 5.79. The molecule has 1 atom stereocenters. The van der Waals surface area contributed by atoms with Crippen molar-refractivity contribution in [3.05, 3.63) is 71.3 Å². The summed E-state index contributed by atoms with van der Waals surface area (Å²) in [5, 5.41) is 22.0. The van der Waals surface area contributed by atoms with Gasteiger partial charge in [-0.2, -0.15) is 0 Å². The topological polar surface area (TPSA) is 49.7 Å². The fraction of sp³-hybridized carbons (Fsp3) is 0.333. The number of hydrogen-bond acceptors (Lipinski definition) is 3. The lowest BCUT2D eigenvalue weighted by atomic mass is 9.78. The first-order chi connectivity index (χ1) is 13.5. The number of rotatable bonds is 7. The molecule has 0 bridgehead atoms. The van der Waals surface area contributed by atoms with Crippen LogP contribution in [0, 0.1) is 0 Å². The Bertz CT molecular complexity index is 913. The second kappa shape index (κ2) is 9.27. The highest BCUT2D eigenvalue weighted by atomic mass is 16.5. The van der Waals surface area contributed by atoms with Crippen molar-refractivity contribution in [3.63, 3.8) is 0 Å². The van der Waals surface area contributed by atoms with Gasteiger partial charge in [0.05, 0.1) is 6.10 Å². The van der Waals surface area contributed by atoms with E-state index in [-0.39, 0.29) is 6.10 Å². The minimum atomic E-state index is -0.729. The van der Waals surface area contributed by atoms with Gasteiger partial charge in [-0.25, -0.2) is 0 Å². The van der Waals surface area contributed by atoms with Crippen molar-refractivity contribution in [2.45, 2.75) is 52.0 Å². The second-order valence-corrected chi connectivity index (χ2v) is 7.57. The van der Waals surface area contributed by atoms with Crippen molar-refractivity contribution >= 4 is 24.0 Å². The molecule has 0 spiro atoms. The maximum Gasteiger partial charge on any atom is 0.458 e. The Kier molecular flexibility index (Phi) is 6.76. The monoisotopic (exact) mass is 376 g/mol. The Morgan fingerprint density at radius 2 is 1.96 bits per heavy atom. The lowest BCUT2D eigenvalue weighted by molar-refractivity contribution is 0.183. The number of benzene rings is 2. The highest BCUT2D eigenvalue weighted by Crippen LogP contribution is 2.31. The Morgan fingerprint density at radius 3 is 2.68 bits per heavy atom. The highest BCUT2D eigenvalue weighted by Gasteiger charge is 2.27. The van der Waals surface area contributed by atoms with Crippen LogP contribution in [0.25, 0.3) is 16.8 Å². The smallest absolute Gasteiger partial charge is 0.458 e. The normalized spacial score (nSPS) is 17.7. The van der Waals surface area contributed by atoms with Crippen LogP contribution < -0.4 is 0 Å². The molecule has 0 aliphatic carbocycles. The van der Waals surface area contributed by atoms with E-state index < -0.39 is 7.12 Å². The number of allylic oxidation sites excluding steroid dienone is 2. The van der Waals surface area contributed by atoms with Gasteiger partial charge in [-0.05, 0) is 48.8 Å². The zero-order valence-electron chi connectivity index (χ0n) is 16.8. The summed E-state index contributed by atoms with van der Waals surface area (Å²) in [6.45, 7) is 8.23. The van der Waals surface area contributed by atoms with Crippen LogP contribution in [0.4, 0.5) is 0 Å². The van der Waals surface area contributed by atoms with Crippen LogP contribution in [-0.4, -0.2) is 23.4 Å². The molecule has 28 heavy (non-hydrogen) atoms. The summed E-state index contributed by atoms with van der Waals surface area (Å²) in [6, 6.07) is 11.7. The Balaban J connectivity index is 1.84. The maximum absolute atomic E-state index is 10.1. The zero-order chi connectivity index (χ0) is 20.1. The molecule has 0 aromatic heterocycles. The third kappa shape index (κ3) is 4.75. The molecule has 1 unspecified atom stereocenters. The first kappa shape index (κ1) is 20.4. The summed E-state index contributed by atoms with van der Waals surface area (Å²) in [5.41, 5.74) is 4.58. The van der Waals surface area contributed by atoms with E-state index in [1.165, 1.54) is 5.57 Å². The van der Waals surface area contributed by atoms with Crippen LogP contribution in [-0.2, 0) is 4.65 Å². The van der Waals surface area contributed by atoms with Crippen LogP contribution in [0.1, 0.15) is 45.1 Å². The van der Waals surface area contributed by atoms with Gasteiger partial charge in [-0.3, -0.25) is 0 Å². The fourth-order valence-electron chi connectivity index (χ4n) is 3.91. The molecule has 3 nitrogen and oxygen atoms in total. The van der Waals surface area contributed by atoms with Gasteiger partial charge in [0.2, 0.25) is 0 Å². The predicted molar refractivity (Wildman–Crippen MR) is 118 cm³/mol. The molecule has 2 aromatic rings. The van der Waals surface area contributed by atoms with E-state index in [9.17, 15) is 10.1 Å². The molecule has 0 saturated carbocycles. The third-order valence-corrected chi connectivity index (χ3v) is 5.29. The van der Waals surface area contributed by atoms with Gasteiger partial charge in [-0.1, -0.05) is 73.6 Å². The summed E-state index contributed by atoms with van der Waals surface area (Å²) in [4.78, 5) is 0. The van der Waals surface area contributed by atoms with Crippen LogP contribution in [0.2, 0.25) is 6.32 Å². The highest BCUT2D eigenvalue weighted by molar-refractivity contribution is 6.43. The molecular formula is C24H29BO3. The average Bonchev–Trinajstić information content (AvgIpc) is 2.68. The number of aromatic hydroxyl groups is 1. The standard InChI is InChI=1S/C24H29BO3/c1-4-7-18(10-13-24-20(17(2)3)14-15-25(27)28-24)16-19-11-12-23(26)22-9-6-5-8-21(19)22/h5-6,8-9,11-12,14,16,24,26-27H,2,4,7,10,13,15H2,1,3H3/b18-16+. The molecule has 2 N–H and O–H groups in total. The van der Waals surface area contributed by atoms with Gasteiger partial charge in [0.1, 0.15) is 5.75 Å². The van der Waals surface area contributed by atoms with Crippen molar-refractivity contribution in [3.8, 4) is 5.75 Å². The van der Waals surface area contributed by atoms with Gasteiger partial charge in [-0.15, -0.1) is 0 Å². The van der Waals surface area contributed by atoms with Gasteiger partial charge >= 0.3 is 7.12 Å². The summed E-state index contributed by atoms with van der Waals surface area (Å²) in [5.74, 6) is 0.311. The molecule has 4 heteroatoms. The lowest BCUT2D eigenvalue weighted by Crippen LogP contribution is -2.31. The minimum Gasteiger partial charge on any atom is -0.507 e. The zero-order valence-corrected chi connectivity index (χ0v) is 16.8. The molecule has 146 valence electrons. The number of fused-ring (bicyclic) bond motifs is 1. The van der Waals surface area contributed by atoms with Crippen LogP contribution in [0.5, 0.6) is 5.75 Å². The molecular weight excluding hydrogens is 347 g/mol. The minimum absolute atomic E-state index is 0.113. The molecule has 0 amide bonds. The number of hydrogen-bond donors (Lipinski definition) is 2. The Hall–Kier alpha value is -2.30. The largest absolute Gasteiger partial charge is 0.507 e. The van der Waals surface area contributed by atoms with Crippen molar-refractivity contribution in [1.29, 1.82) is 0 Å². The van der Waals surface area contributed by atoms with Gasteiger partial charge < -0.3 is 14.8 Å². The van der Waals surface area contributed by atoms with E-state index in [0.29, 0.717) is 12.1 Å². The van der Waals surface area contributed by atoms with Crippen LogP contribution in [0.15, 0.2) is 65.8 Å². The van der Waals surface area contributed by atoms with Gasteiger partial charge in [0.25, 0.3) is 0 Å². The quantitative estimate of drug-likeness (QED) is 0.593. The van der Waals surface area contributed by atoms with Crippen LogP contribution in [0.3, 0.4) is 0 Å². The summed E-state index contributed by atoms with van der Waals surface area (Å²) >= 11 is 0. The lowest BCUT2D eigenvalue weighted by Gasteiger charge is -2.27. The van der Waals surface area contributed by atoms with Gasteiger partial charge in [0, 0.05) is 11.7 Å². The molecule has 2 aromatic carbocycles. The molecule has 1 aliphatic rings. The second-order valence-electron chi connectivity index (χ2n) is 7.57. The van der Waals surface area contributed by atoms with Crippen molar-refractivity contribution in [2.75, 3.05) is 0 Å². The van der Waals surface area contributed by atoms with E-state index in [0.717, 1.165) is 53.2 Å². The van der Waals surface area contributed by atoms with Crippen LogP contribution >= 0.6 is 0 Å².